The van der Waals surface area contributed by atoms with Crippen molar-refractivity contribution in [2.45, 2.75) is 38.3 Å². The summed E-state index contributed by atoms with van der Waals surface area (Å²) in [5, 5.41) is 23.4. The summed E-state index contributed by atoms with van der Waals surface area (Å²) < 4.78 is 0. The second-order valence-corrected chi connectivity index (χ2v) is 7.61. The van der Waals surface area contributed by atoms with E-state index in [1.54, 1.807) is 0 Å². The number of likely N-dealkylation sites (tertiary alicyclic amines) is 2. The van der Waals surface area contributed by atoms with Crippen LogP contribution in [-0.4, -0.2) is 73.7 Å². The van der Waals surface area contributed by atoms with Gasteiger partial charge in [0.25, 0.3) is 0 Å². The van der Waals surface area contributed by atoms with Crippen LogP contribution in [0.2, 0.25) is 0 Å². The van der Waals surface area contributed by atoms with Gasteiger partial charge in [0.1, 0.15) is 0 Å². The van der Waals surface area contributed by atoms with Gasteiger partial charge in [-0.1, -0.05) is 24.3 Å². The van der Waals surface area contributed by atoms with Gasteiger partial charge in [-0.3, -0.25) is 14.6 Å². The lowest BCUT2D eigenvalue weighted by Crippen LogP contribution is -2.49. The Kier molecular flexibility index (Phi) is 5.45. The van der Waals surface area contributed by atoms with Gasteiger partial charge in [0.15, 0.2) is 0 Å². The Bertz CT molecular complexity index is 740. The van der Waals surface area contributed by atoms with E-state index in [0.29, 0.717) is 11.9 Å². The minimum Gasteiger partial charge on any atom is -0.481 e. The molecule has 0 saturated carbocycles. The standard InChI is InChI=1S/C19H26N6O2/c26-19(27)16-2-1-9-25(13-16)17-7-10-24(11-8-17)12-14-3-5-15(6-4-14)18-20-22-23-21-18/h3-6,16-17H,1-2,7-13H2,(H,26,27)(H,20,21,22,23)/t16-/m0/s1. The van der Waals surface area contributed by atoms with E-state index in [2.05, 4.69) is 42.6 Å². The number of aliphatic carboxylic acids is 1. The summed E-state index contributed by atoms with van der Waals surface area (Å²) in [4.78, 5) is 16.2. The lowest BCUT2D eigenvalue weighted by Gasteiger charge is -2.41. The van der Waals surface area contributed by atoms with Crippen LogP contribution >= 0.6 is 0 Å². The third-order valence-corrected chi connectivity index (χ3v) is 5.84. The SMILES string of the molecule is O=C(O)[C@H]1CCCN(C2CCN(Cc3ccc(-c4nn[nH]n4)cc3)CC2)C1. The number of carbonyl (C=O) groups is 1. The van der Waals surface area contributed by atoms with Crippen LogP contribution in [0.5, 0.6) is 0 Å². The minimum atomic E-state index is -0.638. The summed E-state index contributed by atoms with van der Waals surface area (Å²) in [6, 6.07) is 8.85. The zero-order valence-corrected chi connectivity index (χ0v) is 15.4. The van der Waals surface area contributed by atoms with E-state index in [9.17, 15) is 9.90 Å². The molecule has 1 atom stereocenters. The van der Waals surface area contributed by atoms with E-state index in [1.165, 1.54) is 5.56 Å². The normalized spacial score (nSPS) is 22.7. The van der Waals surface area contributed by atoms with Crippen molar-refractivity contribution in [1.82, 2.24) is 30.4 Å². The zero-order chi connectivity index (χ0) is 18.6. The molecular formula is C19H26N6O2. The number of H-pyrrole nitrogens is 1. The zero-order valence-electron chi connectivity index (χ0n) is 15.4. The van der Waals surface area contributed by atoms with Crippen LogP contribution in [-0.2, 0) is 11.3 Å². The minimum absolute atomic E-state index is 0.186. The molecular weight excluding hydrogens is 344 g/mol. The summed E-state index contributed by atoms with van der Waals surface area (Å²) in [6.45, 7) is 4.83. The molecule has 0 unspecified atom stereocenters. The number of tetrazole rings is 1. The fourth-order valence-electron chi connectivity index (χ4n) is 4.28. The maximum atomic E-state index is 11.3. The molecule has 0 radical (unpaired) electrons. The van der Waals surface area contributed by atoms with E-state index >= 15 is 0 Å². The molecule has 1 aromatic heterocycles. The molecule has 2 aliphatic heterocycles. The van der Waals surface area contributed by atoms with Crippen molar-refractivity contribution in [3.05, 3.63) is 29.8 Å². The average Bonchev–Trinajstić information content (AvgIpc) is 3.24. The third kappa shape index (κ3) is 4.33. The number of nitrogens with one attached hydrogen (secondary N) is 1. The average molecular weight is 370 g/mol. The molecule has 2 aromatic rings. The Balaban J connectivity index is 1.27. The van der Waals surface area contributed by atoms with Crippen molar-refractivity contribution in [2.75, 3.05) is 26.2 Å². The number of hydrogen-bond acceptors (Lipinski definition) is 6. The molecule has 0 spiro atoms. The van der Waals surface area contributed by atoms with Gasteiger partial charge >= 0.3 is 5.97 Å². The second kappa shape index (κ2) is 8.14. The molecule has 2 aliphatic rings. The number of aromatic amines is 1. The van der Waals surface area contributed by atoms with Crippen molar-refractivity contribution in [3.63, 3.8) is 0 Å². The Hall–Kier alpha value is -2.32. The lowest BCUT2D eigenvalue weighted by atomic mass is 9.94. The second-order valence-electron chi connectivity index (χ2n) is 7.61. The monoisotopic (exact) mass is 370 g/mol. The van der Waals surface area contributed by atoms with Crippen molar-refractivity contribution in [2.24, 2.45) is 5.92 Å². The summed E-state index contributed by atoms with van der Waals surface area (Å²) in [5.41, 5.74) is 2.24. The van der Waals surface area contributed by atoms with Gasteiger partial charge in [-0.25, -0.2) is 0 Å². The largest absolute Gasteiger partial charge is 0.481 e. The van der Waals surface area contributed by atoms with Crippen molar-refractivity contribution >= 4 is 5.97 Å². The van der Waals surface area contributed by atoms with Crippen LogP contribution in [0, 0.1) is 5.92 Å². The maximum absolute atomic E-state index is 11.3. The molecule has 2 N–H and O–H groups in total. The first-order valence-electron chi connectivity index (χ1n) is 9.71. The molecule has 27 heavy (non-hydrogen) atoms. The third-order valence-electron chi connectivity index (χ3n) is 5.84. The fourth-order valence-corrected chi connectivity index (χ4v) is 4.28. The van der Waals surface area contributed by atoms with E-state index in [0.717, 1.165) is 64.0 Å². The number of nitrogens with zero attached hydrogens (tertiary/aromatic N) is 5. The summed E-state index contributed by atoms with van der Waals surface area (Å²) in [5.74, 6) is -0.209. The number of benzene rings is 1. The smallest absolute Gasteiger partial charge is 0.307 e. The van der Waals surface area contributed by atoms with E-state index in [1.807, 2.05) is 12.1 Å². The highest BCUT2D eigenvalue weighted by Gasteiger charge is 2.31. The predicted molar refractivity (Wildman–Crippen MR) is 99.8 cm³/mol. The van der Waals surface area contributed by atoms with Crippen molar-refractivity contribution in [1.29, 1.82) is 0 Å². The van der Waals surface area contributed by atoms with Gasteiger partial charge in [-0.15, -0.1) is 10.2 Å². The topological polar surface area (TPSA) is 98.2 Å². The summed E-state index contributed by atoms with van der Waals surface area (Å²) in [6.07, 6.45) is 4.06. The predicted octanol–water partition coefficient (Wildman–Crippen LogP) is 1.63. The van der Waals surface area contributed by atoms with Crippen LogP contribution < -0.4 is 0 Å². The number of hydrogen-bond donors (Lipinski definition) is 2. The van der Waals surface area contributed by atoms with Crippen molar-refractivity contribution < 1.29 is 9.90 Å². The van der Waals surface area contributed by atoms with E-state index in [-0.39, 0.29) is 5.92 Å². The highest BCUT2D eigenvalue weighted by Crippen LogP contribution is 2.25. The Morgan fingerprint density at radius 1 is 1.15 bits per heavy atom. The number of rotatable bonds is 5. The number of carboxylic acid groups (broad SMARTS) is 1. The molecule has 3 heterocycles. The van der Waals surface area contributed by atoms with Gasteiger partial charge in [0, 0.05) is 24.7 Å². The molecule has 0 amide bonds. The van der Waals surface area contributed by atoms with Crippen LogP contribution in [0.25, 0.3) is 11.4 Å². The number of aromatic nitrogens is 4. The van der Waals surface area contributed by atoms with Crippen LogP contribution in [0.4, 0.5) is 0 Å². The van der Waals surface area contributed by atoms with Crippen molar-refractivity contribution in [3.8, 4) is 11.4 Å². The Morgan fingerprint density at radius 2 is 1.93 bits per heavy atom. The molecule has 144 valence electrons. The molecule has 4 rings (SSSR count). The fraction of sp³-hybridized carbons (Fsp3) is 0.579. The van der Waals surface area contributed by atoms with Gasteiger partial charge in [-0.05, 0) is 56.1 Å². The highest BCUT2D eigenvalue weighted by atomic mass is 16.4. The number of carboxylic acids is 1. The molecule has 1 aromatic carbocycles. The van der Waals surface area contributed by atoms with E-state index < -0.39 is 5.97 Å². The van der Waals surface area contributed by atoms with Gasteiger partial charge in [-0.2, -0.15) is 5.21 Å². The molecule has 8 nitrogen and oxygen atoms in total. The number of piperidine rings is 2. The molecule has 0 aliphatic carbocycles. The first-order chi connectivity index (χ1) is 13.2. The first kappa shape index (κ1) is 18.1. The van der Waals surface area contributed by atoms with Crippen LogP contribution in [0.3, 0.4) is 0 Å². The highest BCUT2D eigenvalue weighted by molar-refractivity contribution is 5.70. The molecule has 8 heteroatoms. The summed E-state index contributed by atoms with van der Waals surface area (Å²) >= 11 is 0. The summed E-state index contributed by atoms with van der Waals surface area (Å²) in [7, 11) is 0. The van der Waals surface area contributed by atoms with Gasteiger partial charge in [0.05, 0.1) is 5.92 Å². The van der Waals surface area contributed by atoms with Crippen LogP contribution in [0.15, 0.2) is 24.3 Å². The van der Waals surface area contributed by atoms with Gasteiger partial charge in [0.2, 0.25) is 5.82 Å². The molecule has 2 saturated heterocycles. The quantitative estimate of drug-likeness (QED) is 0.825. The van der Waals surface area contributed by atoms with Gasteiger partial charge < -0.3 is 5.11 Å². The lowest BCUT2D eigenvalue weighted by molar-refractivity contribution is -0.144. The molecule has 0 bridgehead atoms. The maximum Gasteiger partial charge on any atom is 0.307 e. The Morgan fingerprint density at radius 3 is 2.59 bits per heavy atom. The van der Waals surface area contributed by atoms with E-state index in [4.69, 9.17) is 0 Å². The molecule has 2 fully saturated rings. The first-order valence-corrected chi connectivity index (χ1v) is 9.71. The Labute approximate surface area is 158 Å². The van der Waals surface area contributed by atoms with Crippen LogP contribution in [0.1, 0.15) is 31.2 Å².